The van der Waals surface area contributed by atoms with Gasteiger partial charge in [0, 0.05) is 18.7 Å². The fraction of sp³-hybridized carbons (Fsp3) is 0.500. The third-order valence-corrected chi connectivity index (χ3v) is 2.47. The highest BCUT2D eigenvalue weighted by Crippen LogP contribution is 2.28. The van der Waals surface area contributed by atoms with Crippen LogP contribution < -0.4 is 0 Å². The molecule has 6 nitrogen and oxygen atoms in total. The van der Waals surface area contributed by atoms with E-state index in [1.165, 1.54) is 12.3 Å². The van der Waals surface area contributed by atoms with Gasteiger partial charge >= 0.3 is 5.97 Å². The molecule has 1 fully saturated rings. The molecule has 0 aromatic carbocycles. The second kappa shape index (κ2) is 4.34. The Bertz CT molecular complexity index is 384. The van der Waals surface area contributed by atoms with Crippen molar-refractivity contribution in [3.05, 3.63) is 18.0 Å². The summed E-state index contributed by atoms with van der Waals surface area (Å²) in [6, 6.07) is 1.65. The quantitative estimate of drug-likeness (QED) is 0.798. The Kier molecular flexibility index (Phi) is 2.89. The highest BCUT2D eigenvalue weighted by Gasteiger charge is 2.33. The van der Waals surface area contributed by atoms with Crippen molar-refractivity contribution < 1.29 is 19.2 Å². The van der Waals surface area contributed by atoms with E-state index in [9.17, 15) is 9.59 Å². The molecule has 0 radical (unpaired) electrons. The highest BCUT2D eigenvalue weighted by atomic mass is 16.5. The van der Waals surface area contributed by atoms with Gasteiger partial charge in [-0.25, -0.2) is 0 Å². The SMILES string of the molecule is O=C(O)CCN(C(=O)c1ccon1)C1CC1. The molecule has 0 spiro atoms. The van der Waals surface area contributed by atoms with E-state index >= 15 is 0 Å². The van der Waals surface area contributed by atoms with Gasteiger partial charge in [0.2, 0.25) is 0 Å². The highest BCUT2D eigenvalue weighted by molar-refractivity contribution is 5.92. The van der Waals surface area contributed by atoms with Gasteiger partial charge in [0.05, 0.1) is 6.42 Å². The average Bonchev–Trinajstić information content (AvgIpc) is 2.93. The zero-order valence-electron chi connectivity index (χ0n) is 8.63. The fourth-order valence-electron chi connectivity index (χ4n) is 1.52. The van der Waals surface area contributed by atoms with Crippen LogP contribution in [0.3, 0.4) is 0 Å². The van der Waals surface area contributed by atoms with Crippen molar-refractivity contribution >= 4 is 11.9 Å². The Morgan fingerprint density at radius 3 is 2.81 bits per heavy atom. The topological polar surface area (TPSA) is 83.6 Å². The molecular weight excluding hydrogens is 212 g/mol. The van der Waals surface area contributed by atoms with Gasteiger partial charge in [0.25, 0.3) is 5.91 Å². The summed E-state index contributed by atoms with van der Waals surface area (Å²) in [5.74, 6) is -1.16. The zero-order chi connectivity index (χ0) is 11.5. The number of rotatable bonds is 5. The lowest BCUT2D eigenvalue weighted by atomic mass is 10.3. The Balaban J connectivity index is 2.01. The molecule has 0 unspecified atom stereocenters. The molecular formula is C10H12N2O4. The average molecular weight is 224 g/mol. The van der Waals surface area contributed by atoms with Crippen molar-refractivity contribution in [2.75, 3.05) is 6.54 Å². The van der Waals surface area contributed by atoms with E-state index < -0.39 is 5.97 Å². The number of carboxylic acid groups (broad SMARTS) is 1. The number of carboxylic acids is 1. The fourth-order valence-corrected chi connectivity index (χ4v) is 1.52. The van der Waals surface area contributed by atoms with Gasteiger partial charge in [-0.3, -0.25) is 9.59 Å². The summed E-state index contributed by atoms with van der Waals surface area (Å²) in [6.45, 7) is 0.228. The van der Waals surface area contributed by atoms with Crippen LogP contribution in [0, 0.1) is 0 Å². The number of aromatic nitrogens is 1. The van der Waals surface area contributed by atoms with Crippen LogP contribution in [0.2, 0.25) is 0 Å². The Morgan fingerprint density at radius 1 is 1.56 bits per heavy atom. The molecule has 1 saturated carbocycles. The number of nitrogens with zero attached hydrogens (tertiary/aromatic N) is 2. The second-order valence-electron chi connectivity index (χ2n) is 3.76. The predicted molar refractivity (Wildman–Crippen MR) is 52.8 cm³/mol. The number of amides is 1. The van der Waals surface area contributed by atoms with Crippen LogP contribution in [0.25, 0.3) is 0 Å². The second-order valence-corrected chi connectivity index (χ2v) is 3.76. The molecule has 1 aromatic heterocycles. The summed E-state index contributed by atoms with van der Waals surface area (Å²) < 4.78 is 4.60. The maximum absolute atomic E-state index is 11.9. The normalized spacial score (nSPS) is 14.8. The Morgan fingerprint density at radius 2 is 2.31 bits per heavy atom. The van der Waals surface area contributed by atoms with Crippen molar-refractivity contribution in [2.45, 2.75) is 25.3 Å². The van der Waals surface area contributed by atoms with Crippen LogP contribution >= 0.6 is 0 Å². The van der Waals surface area contributed by atoms with E-state index in [1.807, 2.05) is 0 Å². The van der Waals surface area contributed by atoms with Crippen molar-refractivity contribution in [3.8, 4) is 0 Å². The molecule has 6 heteroatoms. The van der Waals surface area contributed by atoms with Gasteiger partial charge in [-0.2, -0.15) is 0 Å². The first-order valence-electron chi connectivity index (χ1n) is 5.11. The van der Waals surface area contributed by atoms with Crippen molar-refractivity contribution in [2.24, 2.45) is 0 Å². The first kappa shape index (κ1) is 10.7. The van der Waals surface area contributed by atoms with Gasteiger partial charge in [0.15, 0.2) is 5.69 Å². The van der Waals surface area contributed by atoms with Crippen LogP contribution in [0.1, 0.15) is 29.8 Å². The lowest BCUT2D eigenvalue weighted by molar-refractivity contribution is -0.137. The predicted octanol–water partition coefficient (Wildman–Crippen LogP) is 0.754. The third-order valence-electron chi connectivity index (χ3n) is 2.47. The lowest BCUT2D eigenvalue weighted by Gasteiger charge is -2.19. The monoisotopic (exact) mass is 224 g/mol. The molecule has 16 heavy (non-hydrogen) atoms. The summed E-state index contributed by atoms with van der Waals surface area (Å²) in [6.07, 6.45) is 3.15. The summed E-state index contributed by atoms with van der Waals surface area (Å²) in [5, 5.41) is 12.2. The van der Waals surface area contributed by atoms with Gasteiger partial charge in [-0.1, -0.05) is 5.16 Å². The van der Waals surface area contributed by atoms with E-state index in [4.69, 9.17) is 5.11 Å². The molecule has 1 heterocycles. The number of carbonyl (C=O) groups is 2. The molecule has 1 N–H and O–H groups in total. The molecule has 0 atom stereocenters. The standard InChI is InChI=1S/C10H12N2O4/c13-9(14)3-5-12(7-1-2-7)10(15)8-4-6-16-11-8/h4,6-7H,1-3,5H2,(H,13,14). The summed E-state index contributed by atoms with van der Waals surface area (Å²) in [7, 11) is 0. The molecule has 0 aliphatic heterocycles. The Hall–Kier alpha value is -1.85. The first-order valence-corrected chi connectivity index (χ1v) is 5.11. The number of hydrogen-bond donors (Lipinski definition) is 1. The minimum atomic E-state index is -0.904. The number of hydrogen-bond acceptors (Lipinski definition) is 4. The molecule has 1 aromatic rings. The molecule has 2 rings (SSSR count). The number of aliphatic carboxylic acids is 1. The van der Waals surface area contributed by atoms with Gasteiger partial charge in [-0.05, 0) is 12.8 Å². The van der Waals surface area contributed by atoms with Crippen molar-refractivity contribution in [3.63, 3.8) is 0 Å². The zero-order valence-corrected chi connectivity index (χ0v) is 8.63. The van der Waals surface area contributed by atoms with Crippen LogP contribution in [0.15, 0.2) is 16.9 Å². The summed E-state index contributed by atoms with van der Waals surface area (Å²) in [5.41, 5.74) is 0.234. The van der Waals surface area contributed by atoms with Crippen molar-refractivity contribution in [1.29, 1.82) is 0 Å². The van der Waals surface area contributed by atoms with Crippen LogP contribution in [-0.4, -0.2) is 39.6 Å². The Labute approximate surface area is 91.8 Å². The first-order chi connectivity index (χ1) is 7.68. The summed E-state index contributed by atoms with van der Waals surface area (Å²) in [4.78, 5) is 24.0. The minimum absolute atomic E-state index is 0.0416. The molecule has 0 bridgehead atoms. The minimum Gasteiger partial charge on any atom is -0.481 e. The van der Waals surface area contributed by atoms with E-state index in [-0.39, 0.29) is 30.6 Å². The summed E-state index contributed by atoms with van der Waals surface area (Å²) >= 11 is 0. The molecule has 86 valence electrons. The molecule has 0 saturated heterocycles. The molecule has 1 aliphatic carbocycles. The number of carbonyl (C=O) groups excluding carboxylic acids is 1. The van der Waals surface area contributed by atoms with E-state index in [1.54, 1.807) is 4.90 Å². The molecule has 1 aliphatic rings. The molecule has 1 amide bonds. The van der Waals surface area contributed by atoms with E-state index in [0.717, 1.165) is 12.8 Å². The lowest BCUT2D eigenvalue weighted by Crippen LogP contribution is -2.35. The van der Waals surface area contributed by atoms with E-state index in [0.29, 0.717) is 0 Å². The van der Waals surface area contributed by atoms with Crippen LogP contribution in [0.4, 0.5) is 0 Å². The largest absolute Gasteiger partial charge is 0.481 e. The third kappa shape index (κ3) is 2.39. The van der Waals surface area contributed by atoms with Crippen LogP contribution in [-0.2, 0) is 4.79 Å². The van der Waals surface area contributed by atoms with Crippen LogP contribution in [0.5, 0.6) is 0 Å². The van der Waals surface area contributed by atoms with Gasteiger partial charge in [-0.15, -0.1) is 0 Å². The van der Waals surface area contributed by atoms with Crippen molar-refractivity contribution in [1.82, 2.24) is 10.1 Å². The smallest absolute Gasteiger partial charge is 0.305 e. The van der Waals surface area contributed by atoms with E-state index in [2.05, 4.69) is 9.68 Å². The van der Waals surface area contributed by atoms with Gasteiger partial charge < -0.3 is 14.5 Å². The van der Waals surface area contributed by atoms with Gasteiger partial charge in [0.1, 0.15) is 6.26 Å². The maximum Gasteiger partial charge on any atom is 0.305 e. The maximum atomic E-state index is 11.9.